The van der Waals surface area contributed by atoms with Gasteiger partial charge in [-0.25, -0.2) is 0 Å². The van der Waals surface area contributed by atoms with Crippen molar-refractivity contribution in [2.75, 3.05) is 0 Å². The summed E-state index contributed by atoms with van der Waals surface area (Å²) in [4.78, 5) is 37.5. The standard InChI is InChI=1S/C15H16N2O3/c1-9-4-2-5-10-11(9)8-17(15(10)20)12-6-3-7-13(18)16-14(12)19/h2,4-5,12H,3,6-8H2,1H3,(H,16,18,19)/t12-/m1/s1. The van der Waals surface area contributed by atoms with Gasteiger partial charge in [-0.15, -0.1) is 0 Å². The molecule has 0 spiro atoms. The molecule has 2 aliphatic rings. The van der Waals surface area contributed by atoms with Crippen LogP contribution in [-0.2, 0) is 16.1 Å². The summed E-state index contributed by atoms with van der Waals surface area (Å²) in [5, 5.41) is 2.36. The van der Waals surface area contributed by atoms with Crippen molar-refractivity contribution < 1.29 is 14.4 Å². The summed E-state index contributed by atoms with van der Waals surface area (Å²) in [5.41, 5.74) is 2.72. The first-order valence-electron chi connectivity index (χ1n) is 6.81. The van der Waals surface area contributed by atoms with Gasteiger partial charge in [0.15, 0.2) is 0 Å². The molecule has 1 N–H and O–H groups in total. The predicted molar refractivity (Wildman–Crippen MR) is 71.8 cm³/mol. The number of rotatable bonds is 1. The highest BCUT2D eigenvalue weighted by atomic mass is 16.2. The van der Waals surface area contributed by atoms with Crippen LogP contribution in [0.15, 0.2) is 18.2 Å². The van der Waals surface area contributed by atoms with Gasteiger partial charge in [-0.2, -0.15) is 0 Å². The zero-order valence-electron chi connectivity index (χ0n) is 11.3. The topological polar surface area (TPSA) is 66.5 Å². The van der Waals surface area contributed by atoms with Crippen LogP contribution in [-0.4, -0.2) is 28.7 Å². The normalized spacial score (nSPS) is 22.6. The van der Waals surface area contributed by atoms with Gasteiger partial charge in [-0.05, 0) is 37.0 Å². The third-order valence-electron chi connectivity index (χ3n) is 4.05. The van der Waals surface area contributed by atoms with Gasteiger partial charge in [0.2, 0.25) is 11.8 Å². The highest BCUT2D eigenvalue weighted by Crippen LogP contribution is 2.29. The fourth-order valence-corrected chi connectivity index (χ4v) is 2.93. The third-order valence-corrected chi connectivity index (χ3v) is 4.05. The van der Waals surface area contributed by atoms with Crippen LogP contribution in [0.1, 0.15) is 40.7 Å². The van der Waals surface area contributed by atoms with Crippen molar-refractivity contribution in [3.05, 3.63) is 34.9 Å². The van der Waals surface area contributed by atoms with Gasteiger partial charge >= 0.3 is 0 Å². The second-order valence-corrected chi connectivity index (χ2v) is 5.35. The van der Waals surface area contributed by atoms with E-state index < -0.39 is 6.04 Å². The molecule has 3 amide bonds. The molecule has 1 atom stereocenters. The van der Waals surface area contributed by atoms with E-state index in [1.165, 1.54) is 0 Å². The van der Waals surface area contributed by atoms with Crippen molar-refractivity contribution in [1.82, 2.24) is 10.2 Å². The van der Waals surface area contributed by atoms with Crippen LogP contribution in [0.3, 0.4) is 0 Å². The Morgan fingerprint density at radius 1 is 1.25 bits per heavy atom. The number of carbonyl (C=O) groups is 3. The van der Waals surface area contributed by atoms with E-state index in [1.807, 2.05) is 19.1 Å². The molecule has 2 heterocycles. The van der Waals surface area contributed by atoms with Gasteiger partial charge in [0.1, 0.15) is 6.04 Å². The first-order chi connectivity index (χ1) is 9.58. The van der Waals surface area contributed by atoms with Crippen LogP contribution in [0, 0.1) is 6.92 Å². The summed E-state index contributed by atoms with van der Waals surface area (Å²) in [6, 6.07) is 5.07. The molecule has 0 radical (unpaired) electrons. The minimum Gasteiger partial charge on any atom is -0.322 e. The van der Waals surface area contributed by atoms with E-state index in [0.717, 1.165) is 11.1 Å². The van der Waals surface area contributed by atoms with E-state index in [4.69, 9.17) is 0 Å². The predicted octanol–water partition coefficient (Wildman–Crippen LogP) is 1.15. The lowest BCUT2D eigenvalue weighted by Crippen LogP contribution is -2.46. The SMILES string of the molecule is Cc1cccc2c1CN([C@@H]1CCCC(=O)NC1=O)C2=O. The molecule has 0 unspecified atom stereocenters. The second kappa shape index (κ2) is 4.74. The molecule has 5 nitrogen and oxygen atoms in total. The highest BCUT2D eigenvalue weighted by molar-refractivity contribution is 6.04. The van der Waals surface area contributed by atoms with Gasteiger partial charge in [-0.3, -0.25) is 19.7 Å². The number of aryl methyl sites for hydroxylation is 1. The van der Waals surface area contributed by atoms with E-state index >= 15 is 0 Å². The molecular formula is C15H16N2O3. The Morgan fingerprint density at radius 3 is 2.80 bits per heavy atom. The summed E-state index contributed by atoms with van der Waals surface area (Å²) >= 11 is 0. The zero-order chi connectivity index (χ0) is 14.3. The lowest BCUT2D eigenvalue weighted by atomic mass is 10.1. The fourth-order valence-electron chi connectivity index (χ4n) is 2.93. The van der Waals surface area contributed by atoms with E-state index in [9.17, 15) is 14.4 Å². The van der Waals surface area contributed by atoms with Gasteiger partial charge < -0.3 is 4.90 Å². The molecule has 0 bridgehead atoms. The van der Waals surface area contributed by atoms with Gasteiger partial charge in [0.25, 0.3) is 5.91 Å². The van der Waals surface area contributed by atoms with Gasteiger partial charge in [0, 0.05) is 18.5 Å². The van der Waals surface area contributed by atoms with Crippen LogP contribution in [0.2, 0.25) is 0 Å². The first-order valence-corrected chi connectivity index (χ1v) is 6.81. The summed E-state index contributed by atoms with van der Waals surface area (Å²) in [6.07, 6.45) is 1.51. The average Bonchev–Trinajstić information content (AvgIpc) is 2.64. The Kier molecular flexibility index (Phi) is 3.04. The molecule has 1 fully saturated rings. The quantitative estimate of drug-likeness (QED) is 0.780. The van der Waals surface area contributed by atoms with Gasteiger partial charge in [0.05, 0.1) is 0 Å². The van der Waals surface area contributed by atoms with E-state index in [-0.39, 0.29) is 17.7 Å². The maximum Gasteiger partial charge on any atom is 0.255 e. The number of nitrogens with one attached hydrogen (secondary N) is 1. The molecular weight excluding hydrogens is 256 g/mol. The van der Waals surface area contributed by atoms with Crippen molar-refractivity contribution in [2.45, 2.75) is 38.8 Å². The van der Waals surface area contributed by atoms with Crippen molar-refractivity contribution in [3.8, 4) is 0 Å². The summed E-state index contributed by atoms with van der Waals surface area (Å²) < 4.78 is 0. The van der Waals surface area contributed by atoms with E-state index in [2.05, 4.69) is 5.32 Å². The first kappa shape index (κ1) is 12.8. The lowest BCUT2D eigenvalue weighted by molar-refractivity contribution is -0.132. The Hall–Kier alpha value is -2.17. The Labute approximate surface area is 116 Å². The van der Waals surface area contributed by atoms with E-state index in [1.54, 1.807) is 11.0 Å². The molecule has 0 aromatic heterocycles. The van der Waals surface area contributed by atoms with Crippen molar-refractivity contribution in [1.29, 1.82) is 0 Å². The third kappa shape index (κ3) is 1.99. The Balaban J connectivity index is 1.90. The van der Waals surface area contributed by atoms with Crippen LogP contribution in [0.5, 0.6) is 0 Å². The minimum absolute atomic E-state index is 0.113. The minimum atomic E-state index is -0.541. The lowest BCUT2D eigenvalue weighted by Gasteiger charge is -2.24. The summed E-state index contributed by atoms with van der Waals surface area (Å²) in [5.74, 6) is -0.720. The smallest absolute Gasteiger partial charge is 0.255 e. The molecule has 5 heteroatoms. The Bertz CT molecular complexity index is 609. The monoisotopic (exact) mass is 272 g/mol. The molecule has 20 heavy (non-hydrogen) atoms. The number of amides is 3. The number of benzene rings is 1. The number of hydrogen-bond acceptors (Lipinski definition) is 3. The van der Waals surface area contributed by atoms with Crippen LogP contribution >= 0.6 is 0 Å². The Morgan fingerprint density at radius 2 is 2.05 bits per heavy atom. The zero-order valence-corrected chi connectivity index (χ0v) is 11.3. The van der Waals surface area contributed by atoms with Crippen LogP contribution in [0.25, 0.3) is 0 Å². The molecule has 1 saturated heterocycles. The maximum atomic E-state index is 12.4. The number of nitrogens with zero attached hydrogens (tertiary/aromatic N) is 1. The second-order valence-electron chi connectivity index (χ2n) is 5.35. The van der Waals surface area contributed by atoms with Crippen molar-refractivity contribution in [3.63, 3.8) is 0 Å². The molecule has 1 aromatic rings. The van der Waals surface area contributed by atoms with Crippen molar-refractivity contribution in [2.24, 2.45) is 0 Å². The van der Waals surface area contributed by atoms with Crippen LogP contribution in [0.4, 0.5) is 0 Å². The molecule has 104 valence electrons. The molecule has 1 aromatic carbocycles. The molecule has 2 aliphatic heterocycles. The molecule has 0 aliphatic carbocycles. The molecule has 0 saturated carbocycles. The summed E-state index contributed by atoms with van der Waals surface area (Å²) in [7, 11) is 0. The number of fused-ring (bicyclic) bond motifs is 1. The molecule has 3 rings (SSSR count). The van der Waals surface area contributed by atoms with E-state index in [0.29, 0.717) is 31.4 Å². The average molecular weight is 272 g/mol. The van der Waals surface area contributed by atoms with Crippen molar-refractivity contribution >= 4 is 17.7 Å². The highest BCUT2D eigenvalue weighted by Gasteiger charge is 2.38. The van der Waals surface area contributed by atoms with Gasteiger partial charge in [-0.1, -0.05) is 12.1 Å². The van der Waals surface area contributed by atoms with Crippen LogP contribution < -0.4 is 5.32 Å². The number of hydrogen-bond donors (Lipinski definition) is 1. The number of imide groups is 1. The largest absolute Gasteiger partial charge is 0.322 e. The summed E-state index contributed by atoms with van der Waals surface area (Å²) in [6.45, 7) is 2.42. The number of carbonyl (C=O) groups excluding carboxylic acids is 3. The fraction of sp³-hybridized carbons (Fsp3) is 0.400. The maximum absolute atomic E-state index is 12.4.